The van der Waals surface area contributed by atoms with Crippen LogP contribution in [0, 0.1) is 10.1 Å². The number of nitrogens with zero attached hydrogens (tertiary/aromatic N) is 4. The van der Waals surface area contributed by atoms with Gasteiger partial charge in [0.25, 0.3) is 16.8 Å². The first kappa shape index (κ1) is 31.1. The summed E-state index contributed by atoms with van der Waals surface area (Å²) in [4.78, 5) is 54.5. The van der Waals surface area contributed by atoms with Gasteiger partial charge in [-0.05, 0) is 72.3 Å². The fourth-order valence-corrected chi connectivity index (χ4v) is 6.05. The van der Waals surface area contributed by atoms with Gasteiger partial charge in [0.05, 0.1) is 16.4 Å². The average molecular weight is 682 g/mol. The van der Waals surface area contributed by atoms with Gasteiger partial charge >= 0.3 is 0 Å². The zero-order chi connectivity index (χ0) is 31.2. The predicted molar refractivity (Wildman–Crippen MR) is 171 cm³/mol. The lowest BCUT2D eigenvalue weighted by atomic mass is 10.1. The molecule has 0 atom stereocenters. The fourth-order valence-electron chi connectivity index (χ4n) is 4.78. The molecule has 2 saturated heterocycles. The molecule has 0 N–H and O–H groups in total. The number of carbonyl (C=O) groups excluding carboxylic acids is 3. The van der Waals surface area contributed by atoms with Crippen LogP contribution in [0.5, 0.6) is 11.5 Å². The zero-order valence-corrected chi connectivity index (χ0v) is 26.2. The number of non-ortho nitro benzene ring substituents is 1. The summed E-state index contributed by atoms with van der Waals surface area (Å²) in [6.07, 6.45) is 1.58. The van der Waals surface area contributed by atoms with Crippen molar-refractivity contribution in [1.82, 2.24) is 9.80 Å². The highest BCUT2D eigenvalue weighted by atomic mass is 79.9. The quantitative estimate of drug-likeness (QED) is 0.150. The number of ether oxygens (including phenoxy) is 2. The molecule has 2 aliphatic heterocycles. The van der Waals surface area contributed by atoms with Crippen LogP contribution in [-0.4, -0.2) is 71.1 Å². The number of benzene rings is 3. The van der Waals surface area contributed by atoms with E-state index in [0.717, 1.165) is 27.9 Å². The van der Waals surface area contributed by atoms with Gasteiger partial charge in [0.2, 0.25) is 5.91 Å². The monoisotopic (exact) mass is 680 g/mol. The highest BCUT2D eigenvalue weighted by Gasteiger charge is 2.37. The van der Waals surface area contributed by atoms with Gasteiger partial charge in [-0.25, -0.2) is 0 Å². The smallest absolute Gasteiger partial charge is 0.294 e. The van der Waals surface area contributed by atoms with Crippen LogP contribution >= 0.6 is 27.7 Å². The molecule has 3 aromatic carbocycles. The summed E-state index contributed by atoms with van der Waals surface area (Å²) >= 11 is 4.30. The fraction of sp³-hybridized carbons (Fsp3) is 0.258. The van der Waals surface area contributed by atoms with Crippen LogP contribution in [0.4, 0.5) is 16.2 Å². The van der Waals surface area contributed by atoms with Crippen LogP contribution in [0.15, 0.2) is 76.1 Å². The number of thioether (sulfide) groups is 1. The number of rotatable bonds is 10. The SMILES string of the molecule is CCOc1cc(/C=C2/SC(=O)N(CC(=O)N3CCN(c4ccccc4)CC3)C2=O)c(Br)cc1OCc1ccc([N+](=O)[O-])cc1. The number of nitro groups is 1. The maximum Gasteiger partial charge on any atom is 0.294 e. The van der Waals surface area contributed by atoms with Crippen molar-refractivity contribution in [3.05, 3.63) is 97.3 Å². The minimum absolute atomic E-state index is 0.00805. The second-order valence-electron chi connectivity index (χ2n) is 9.94. The molecule has 3 aromatic rings. The Labute approximate surface area is 266 Å². The summed E-state index contributed by atoms with van der Waals surface area (Å²) in [5, 5.41) is 10.4. The molecule has 2 heterocycles. The number of carbonyl (C=O) groups is 3. The number of para-hydroxylation sites is 1. The summed E-state index contributed by atoms with van der Waals surface area (Å²) in [5.41, 5.74) is 2.41. The molecule has 2 fully saturated rings. The second-order valence-corrected chi connectivity index (χ2v) is 11.8. The van der Waals surface area contributed by atoms with E-state index in [2.05, 4.69) is 20.8 Å². The standard InChI is InChI=1S/C31H29BrN4O7S/c1-2-42-26-16-22(25(32)18-27(26)43-20-21-8-10-24(11-9-21)36(40)41)17-28-30(38)35(31(39)44-28)19-29(37)34-14-12-33(13-15-34)23-6-4-3-5-7-23/h3-11,16-18H,2,12-15,19-20H2,1H3/b28-17+. The summed E-state index contributed by atoms with van der Waals surface area (Å²) < 4.78 is 12.3. The Bertz CT molecular complexity index is 1590. The molecular formula is C31H29BrN4O7S. The van der Waals surface area contributed by atoms with Gasteiger partial charge in [0.15, 0.2) is 11.5 Å². The number of imide groups is 1. The lowest BCUT2D eigenvalue weighted by Gasteiger charge is -2.36. The van der Waals surface area contributed by atoms with Crippen molar-refractivity contribution in [3.63, 3.8) is 0 Å². The number of nitro benzene ring substituents is 1. The van der Waals surface area contributed by atoms with Gasteiger partial charge in [-0.2, -0.15) is 0 Å². The van der Waals surface area contributed by atoms with Crippen LogP contribution in [0.25, 0.3) is 6.08 Å². The largest absolute Gasteiger partial charge is 0.490 e. The van der Waals surface area contributed by atoms with E-state index in [1.54, 1.807) is 35.2 Å². The van der Waals surface area contributed by atoms with E-state index in [-0.39, 0.29) is 29.7 Å². The molecule has 0 bridgehead atoms. The summed E-state index contributed by atoms with van der Waals surface area (Å²) in [7, 11) is 0. The van der Waals surface area contributed by atoms with Crippen molar-refractivity contribution >= 4 is 62.2 Å². The molecule has 0 aromatic heterocycles. The van der Waals surface area contributed by atoms with Gasteiger partial charge in [-0.3, -0.25) is 29.4 Å². The first-order valence-corrected chi connectivity index (χ1v) is 15.5. The third-order valence-electron chi connectivity index (χ3n) is 7.11. The Morgan fingerprint density at radius 2 is 1.68 bits per heavy atom. The summed E-state index contributed by atoms with van der Waals surface area (Å²) in [5.74, 6) is 0.0587. The van der Waals surface area contributed by atoms with Crippen LogP contribution in [0.1, 0.15) is 18.1 Å². The molecular weight excluding hydrogens is 652 g/mol. The minimum atomic E-state index is -0.528. The highest BCUT2D eigenvalue weighted by Crippen LogP contribution is 2.38. The van der Waals surface area contributed by atoms with Crippen molar-refractivity contribution < 1.29 is 28.8 Å². The molecule has 5 rings (SSSR count). The number of halogens is 1. The average Bonchev–Trinajstić information content (AvgIpc) is 3.29. The second kappa shape index (κ2) is 14.0. The Morgan fingerprint density at radius 3 is 2.34 bits per heavy atom. The first-order chi connectivity index (χ1) is 21.2. The molecule has 0 unspecified atom stereocenters. The lowest BCUT2D eigenvalue weighted by Crippen LogP contribution is -2.51. The predicted octanol–water partition coefficient (Wildman–Crippen LogP) is 5.72. The van der Waals surface area contributed by atoms with Crippen LogP contribution in [0.3, 0.4) is 0 Å². The number of hydrogen-bond acceptors (Lipinski definition) is 9. The van der Waals surface area contributed by atoms with E-state index in [1.807, 2.05) is 37.3 Å². The number of amides is 3. The van der Waals surface area contributed by atoms with Crippen molar-refractivity contribution in [1.29, 1.82) is 0 Å². The van der Waals surface area contributed by atoms with E-state index in [9.17, 15) is 24.5 Å². The highest BCUT2D eigenvalue weighted by molar-refractivity contribution is 9.10. The lowest BCUT2D eigenvalue weighted by molar-refractivity contribution is -0.384. The molecule has 0 aliphatic carbocycles. The minimum Gasteiger partial charge on any atom is -0.490 e. The van der Waals surface area contributed by atoms with Crippen molar-refractivity contribution in [3.8, 4) is 11.5 Å². The Hall–Kier alpha value is -4.36. The Morgan fingerprint density at radius 1 is 1.00 bits per heavy atom. The topological polar surface area (TPSA) is 123 Å². The van der Waals surface area contributed by atoms with E-state index >= 15 is 0 Å². The molecule has 228 valence electrons. The van der Waals surface area contributed by atoms with Crippen molar-refractivity contribution in [2.24, 2.45) is 0 Å². The van der Waals surface area contributed by atoms with Crippen LogP contribution < -0.4 is 14.4 Å². The third-order valence-corrected chi connectivity index (χ3v) is 8.71. The Balaban J connectivity index is 1.23. The third kappa shape index (κ3) is 7.22. The van der Waals surface area contributed by atoms with Gasteiger partial charge in [0.1, 0.15) is 13.2 Å². The number of hydrogen-bond donors (Lipinski definition) is 0. The molecule has 13 heteroatoms. The van der Waals surface area contributed by atoms with E-state index in [4.69, 9.17) is 9.47 Å². The van der Waals surface area contributed by atoms with Crippen LogP contribution in [0.2, 0.25) is 0 Å². The van der Waals surface area contributed by atoms with E-state index in [1.165, 1.54) is 12.1 Å². The molecule has 2 aliphatic rings. The maximum absolute atomic E-state index is 13.2. The number of piperazine rings is 1. The molecule has 0 spiro atoms. The van der Waals surface area contributed by atoms with Crippen LogP contribution in [-0.2, 0) is 16.2 Å². The maximum atomic E-state index is 13.2. The zero-order valence-electron chi connectivity index (χ0n) is 23.8. The molecule has 0 saturated carbocycles. The summed E-state index contributed by atoms with van der Waals surface area (Å²) in [6.45, 7) is 4.37. The summed E-state index contributed by atoms with van der Waals surface area (Å²) in [6, 6.07) is 19.4. The molecule has 0 radical (unpaired) electrons. The van der Waals surface area contributed by atoms with Crippen molar-refractivity contribution in [2.75, 3.05) is 44.2 Å². The van der Waals surface area contributed by atoms with E-state index < -0.39 is 16.1 Å². The Kier molecular flexibility index (Phi) is 9.85. The van der Waals surface area contributed by atoms with Gasteiger partial charge in [-0.1, -0.05) is 34.1 Å². The number of anilines is 1. The van der Waals surface area contributed by atoms with Gasteiger partial charge in [-0.15, -0.1) is 0 Å². The molecule has 3 amide bonds. The van der Waals surface area contributed by atoms with Gasteiger partial charge in [0, 0.05) is 48.5 Å². The normalized spacial score (nSPS) is 16.0. The first-order valence-electron chi connectivity index (χ1n) is 13.9. The van der Waals surface area contributed by atoms with E-state index in [0.29, 0.717) is 54.3 Å². The molecule has 11 nitrogen and oxygen atoms in total. The van der Waals surface area contributed by atoms with Gasteiger partial charge < -0.3 is 19.3 Å². The van der Waals surface area contributed by atoms with Crippen molar-refractivity contribution in [2.45, 2.75) is 13.5 Å². The molecule has 44 heavy (non-hydrogen) atoms.